The lowest BCUT2D eigenvalue weighted by Crippen LogP contribution is -2.21. The second-order valence-corrected chi connectivity index (χ2v) is 6.09. The Morgan fingerprint density at radius 1 is 1.39 bits per heavy atom. The van der Waals surface area contributed by atoms with Gasteiger partial charge in [-0.05, 0) is 0 Å². The Balaban J connectivity index is 2.50. The Labute approximate surface area is 109 Å². The normalized spacial score (nSPS) is 12.1. The minimum Gasteiger partial charge on any atom is -0.390 e. The van der Waals surface area contributed by atoms with E-state index in [0.29, 0.717) is 10.8 Å². The summed E-state index contributed by atoms with van der Waals surface area (Å²) < 4.78 is 2.82. The molecule has 0 aliphatic carbocycles. The van der Waals surface area contributed by atoms with Gasteiger partial charge in [0.05, 0.1) is 12.3 Å². The first-order chi connectivity index (χ1) is 8.34. The summed E-state index contributed by atoms with van der Waals surface area (Å²) in [6.07, 6.45) is 1.59. The van der Waals surface area contributed by atoms with Crippen LogP contribution in [0.25, 0.3) is 5.13 Å². The standard InChI is InChI=1S/C11H16N4O2S/c1-11(2,3)8-12-13-9(18-8)15-5-7(6-16)14(4)10(15)17/h5,16H,6H2,1-4H3. The highest BCUT2D eigenvalue weighted by Crippen LogP contribution is 2.26. The van der Waals surface area contributed by atoms with Gasteiger partial charge in [-0.2, -0.15) is 0 Å². The van der Waals surface area contributed by atoms with Crippen LogP contribution in [0.15, 0.2) is 11.0 Å². The van der Waals surface area contributed by atoms with Crippen molar-refractivity contribution in [3.63, 3.8) is 0 Å². The third-order valence-electron chi connectivity index (χ3n) is 2.63. The zero-order valence-electron chi connectivity index (χ0n) is 10.8. The van der Waals surface area contributed by atoms with E-state index in [0.717, 1.165) is 5.01 Å². The van der Waals surface area contributed by atoms with Crippen molar-refractivity contribution in [2.75, 3.05) is 0 Å². The number of aromatic nitrogens is 4. The molecule has 2 aromatic rings. The van der Waals surface area contributed by atoms with E-state index in [2.05, 4.69) is 10.2 Å². The van der Waals surface area contributed by atoms with Crippen LogP contribution in [0.4, 0.5) is 0 Å². The predicted molar refractivity (Wildman–Crippen MR) is 69.1 cm³/mol. The monoisotopic (exact) mass is 268 g/mol. The Morgan fingerprint density at radius 3 is 2.50 bits per heavy atom. The average molecular weight is 268 g/mol. The minimum absolute atomic E-state index is 0.0892. The molecular formula is C11H16N4O2S. The van der Waals surface area contributed by atoms with Gasteiger partial charge in [0.2, 0.25) is 5.13 Å². The van der Waals surface area contributed by atoms with Crippen LogP contribution in [-0.2, 0) is 19.1 Å². The molecule has 0 spiro atoms. The van der Waals surface area contributed by atoms with E-state index in [4.69, 9.17) is 5.11 Å². The quantitative estimate of drug-likeness (QED) is 0.875. The molecule has 2 heterocycles. The summed E-state index contributed by atoms with van der Waals surface area (Å²) in [7, 11) is 1.62. The van der Waals surface area contributed by atoms with Gasteiger partial charge >= 0.3 is 5.69 Å². The molecular weight excluding hydrogens is 252 g/mol. The molecule has 0 fully saturated rings. The van der Waals surface area contributed by atoms with Gasteiger partial charge in [-0.3, -0.25) is 4.57 Å². The van der Waals surface area contributed by atoms with Crippen LogP contribution in [0.3, 0.4) is 0 Å². The highest BCUT2D eigenvalue weighted by atomic mass is 32.1. The summed E-state index contributed by atoms with van der Waals surface area (Å²) >= 11 is 1.39. The maximum Gasteiger partial charge on any atom is 0.334 e. The average Bonchev–Trinajstić information content (AvgIpc) is 2.86. The predicted octanol–water partition coefficient (Wildman–Crippen LogP) is 0.817. The molecule has 18 heavy (non-hydrogen) atoms. The molecule has 6 nitrogen and oxygen atoms in total. The van der Waals surface area contributed by atoms with Crippen molar-refractivity contribution < 1.29 is 5.11 Å². The van der Waals surface area contributed by atoms with Crippen LogP contribution >= 0.6 is 11.3 Å². The molecule has 0 amide bonds. The number of nitrogens with zero attached hydrogens (tertiary/aromatic N) is 4. The van der Waals surface area contributed by atoms with Crippen molar-refractivity contribution in [2.45, 2.75) is 32.8 Å². The van der Waals surface area contributed by atoms with Gasteiger partial charge < -0.3 is 5.11 Å². The van der Waals surface area contributed by atoms with Crippen LogP contribution in [-0.4, -0.2) is 24.4 Å². The van der Waals surface area contributed by atoms with Crippen molar-refractivity contribution in [1.82, 2.24) is 19.3 Å². The Morgan fingerprint density at radius 2 is 2.06 bits per heavy atom. The third-order valence-corrected chi connectivity index (χ3v) is 3.97. The first kappa shape index (κ1) is 13.0. The van der Waals surface area contributed by atoms with E-state index in [1.54, 1.807) is 13.2 Å². The molecule has 0 aliphatic rings. The number of hydrogen-bond acceptors (Lipinski definition) is 5. The van der Waals surface area contributed by atoms with Gasteiger partial charge in [-0.15, -0.1) is 10.2 Å². The Bertz CT molecular complexity index is 618. The Kier molecular flexibility index (Phi) is 3.12. The van der Waals surface area contributed by atoms with Gasteiger partial charge in [-0.1, -0.05) is 32.1 Å². The first-order valence-electron chi connectivity index (χ1n) is 5.57. The third kappa shape index (κ3) is 2.11. The molecule has 0 atom stereocenters. The summed E-state index contributed by atoms with van der Waals surface area (Å²) in [5, 5.41) is 18.7. The molecule has 0 bridgehead atoms. The summed E-state index contributed by atoms with van der Waals surface area (Å²) in [6, 6.07) is 0. The zero-order valence-corrected chi connectivity index (χ0v) is 11.7. The molecule has 1 N–H and O–H groups in total. The van der Waals surface area contributed by atoms with Crippen molar-refractivity contribution in [3.05, 3.63) is 27.4 Å². The van der Waals surface area contributed by atoms with E-state index in [-0.39, 0.29) is 17.7 Å². The molecule has 2 rings (SSSR count). The number of aliphatic hydroxyl groups is 1. The molecule has 98 valence electrons. The second-order valence-electron chi connectivity index (χ2n) is 5.13. The summed E-state index contributed by atoms with van der Waals surface area (Å²) in [5.74, 6) is 0. The maximum atomic E-state index is 12.0. The number of hydrogen-bond donors (Lipinski definition) is 1. The second kappa shape index (κ2) is 4.33. The van der Waals surface area contributed by atoms with E-state index in [1.807, 2.05) is 20.8 Å². The van der Waals surface area contributed by atoms with E-state index < -0.39 is 0 Å². The number of imidazole rings is 1. The van der Waals surface area contributed by atoms with Gasteiger partial charge in [0, 0.05) is 18.7 Å². The number of rotatable bonds is 2. The summed E-state index contributed by atoms with van der Waals surface area (Å²) in [6.45, 7) is 5.96. The lowest BCUT2D eigenvalue weighted by Gasteiger charge is -2.12. The topological polar surface area (TPSA) is 72.9 Å². The zero-order chi connectivity index (χ0) is 13.5. The molecule has 0 radical (unpaired) electrons. The molecule has 0 saturated carbocycles. The van der Waals surface area contributed by atoms with Crippen molar-refractivity contribution in [2.24, 2.45) is 7.05 Å². The first-order valence-corrected chi connectivity index (χ1v) is 6.38. The lowest BCUT2D eigenvalue weighted by atomic mass is 9.98. The molecule has 7 heteroatoms. The van der Waals surface area contributed by atoms with Crippen LogP contribution in [0, 0.1) is 0 Å². The fraction of sp³-hybridized carbons (Fsp3) is 0.545. The SMILES string of the molecule is Cn1c(CO)cn(-c2nnc(C(C)(C)C)s2)c1=O. The maximum absolute atomic E-state index is 12.0. The van der Waals surface area contributed by atoms with E-state index in [1.165, 1.54) is 20.5 Å². The van der Waals surface area contributed by atoms with Crippen LogP contribution in [0.5, 0.6) is 0 Å². The van der Waals surface area contributed by atoms with Crippen LogP contribution in [0.2, 0.25) is 0 Å². The lowest BCUT2D eigenvalue weighted by molar-refractivity contribution is 0.272. The molecule has 2 aromatic heterocycles. The molecule has 0 aromatic carbocycles. The molecule has 0 saturated heterocycles. The highest BCUT2D eigenvalue weighted by Gasteiger charge is 2.21. The van der Waals surface area contributed by atoms with Gasteiger partial charge in [-0.25, -0.2) is 9.36 Å². The van der Waals surface area contributed by atoms with Crippen molar-refractivity contribution >= 4 is 11.3 Å². The summed E-state index contributed by atoms with van der Waals surface area (Å²) in [5.41, 5.74) is 0.233. The van der Waals surface area contributed by atoms with Crippen LogP contribution < -0.4 is 5.69 Å². The highest BCUT2D eigenvalue weighted by molar-refractivity contribution is 7.13. The van der Waals surface area contributed by atoms with E-state index >= 15 is 0 Å². The smallest absolute Gasteiger partial charge is 0.334 e. The van der Waals surface area contributed by atoms with Crippen molar-refractivity contribution in [3.8, 4) is 5.13 Å². The number of aliphatic hydroxyl groups excluding tert-OH is 1. The van der Waals surface area contributed by atoms with Gasteiger partial charge in [0.1, 0.15) is 5.01 Å². The Hall–Kier alpha value is -1.47. The fourth-order valence-corrected chi connectivity index (χ4v) is 2.35. The largest absolute Gasteiger partial charge is 0.390 e. The van der Waals surface area contributed by atoms with Crippen LogP contribution in [0.1, 0.15) is 31.5 Å². The van der Waals surface area contributed by atoms with Gasteiger partial charge in [0.25, 0.3) is 0 Å². The summed E-state index contributed by atoms with van der Waals surface area (Å²) in [4.78, 5) is 12.0. The molecule has 0 aliphatic heterocycles. The fourth-order valence-electron chi connectivity index (χ4n) is 1.48. The molecule has 0 unspecified atom stereocenters. The minimum atomic E-state index is -0.226. The van der Waals surface area contributed by atoms with Gasteiger partial charge in [0.15, 0.2) is 0 Å². The van der Waals surface area contributed by atoms with E-state index in [9.17, 15) is 4.79 Å². The van der Waals surface area contributed by atoms with Crippen molar-refractivity contribution in [1.29, 1.82) is 0 Å².